The van der Waals surface area contributed by atoms with Gasteiger partial charge in [-0.1, -0.05) is 45.0 Å². The monoisotopic (exact) mass is 295 g/mol. The molecule has 0 aliphatic heterocycles. The first-order valence-corrected chi connectivity index (χ1v) is 7.81. The molecule has 0 fully saturated rings. The van der Waals surface area contributed by atoms with Crippen molar-refractivity contribution in [1.82, 2.24) is 4.98 Å². The Morgan fingerprint density at radius 3 is 2.43 bits per heavy atom. The van der Waals surface area contributed by atoms with Crippen molar-refractivity contribution in [1.29, 1.82) is 0 Å². The van der Waals surface area contributed by atoms with Crippen LogP contribution in [0.15, 0.2) is 48.0 Å². The second-order valence-corrected chi connectivity index (χ2v) is 7.13. The predicted molar refractivity (Wildman–Crippen MR) is 88.2 cm³/mol. The van der Waals surface area contributed by atoms with Crippen LogP contribution in [0.1, 0.15) is 42.3 Å². The van der Waals surface area contributed by atoms with Gasteiger partial charge in [-0.05, 0) is 28.5 Å². The number of hydrogen-bond acceptors (Lipinski definition) is 3. The summed E-state index contributed by atoms with van der Waals surface area (Å²) in [7, 11) is 0. The highest BCUT2D eigenvalue weighted by Gasteiger charge is 2.15. The van der Waals surface area contributed by atoms with E-state index in [1.54, 1.807) is 17.5 Å². The van der Waals surface area contributed by atoms with Gasteiger partial charge in [0.05, 0.1) is 10.2 Å². The van der Waals surface area contributed by atoms with Crippen LogP contribution in [0.4, 0.5) is 0 Å². The van der Waals surface area contributed by atoms with Crippen LogP contribution in [-0.2, 0) is 5.41 Å². The first-order chi connectivity index (χ1) is 9.95. The van der Waals surface area contributed by atoms with E-state index < -0.39 is 0 Å². The molecule has 2 aromatic heterocycles. The molecule has 3 rings (SSSR count). The Morgan fingerprint density at radius 1 is 1.05 bits per heavy atom. The third-order valence-corrected chi connectivity index (χ3v) is 4.43. The number of hydrogen-bond donors (Lipinski definition) is 0. The van der Waals surface area contributed by atoms with Crippen molar-refractivity contribution in [2.75, 3.05) is 0 Å². The van der Waals surface area contributed by atoms with E-state index in [-0.39, 0.29) is 11.2 Å². The van der Waals surface area contributed by atoms with E-state index in [4.69, 9.17) is 0 Å². The lowest BCUT2D eigenvalue weighted by molar-refractivity contribution is 0.103. The van der Waals surface area contributed by atoms with Gasteiger partial charge in [0.25, 0.3) is 0 Å². The maximum Gasteiger partial charge on any atom is 0.194 e. The molecule has 0 aliphatic rings. The van der Waals surface area contributed by atoms with Gasteiger partial charge in [0.15, 0.2) is 5.78 Å². The van der Waals surface area contributed by atoms with Gasteiger partial charge in [0, 0.05) is 17.3 Å². The van der Waals surface area contributed by atoms with Crippen molar-refractivity contribution in [3.8, 4) is 0 Å². The predicted octanol–water partition coefficient (Wildman–Crippen LogP) is 4.82. The van der Waals surface area contributed by atoms with Gasteiger partial charge in [-0.3, -0.25) is 9.78 Å². The van der Waals surface area contributed by atoms with Gasteiger partial charge >= 0.3 is 0 Å². The third kappa shape index (κ3) is 2.74. The molecule has 2 heterocycles. The van der Waals surface area contributed by atoms with E-state index in [1.807, 2.05) is 41.8 Å². The molecule has 3 aromatic rings. The molecule has 0 aliphatic carbocycles. The van der Waals surface area contributed by atoms with Crippen LogP contribution in [-0.4, -0.2) is 10.8 Å². The van der Waals surface area contributed by atoms with Crippen molar-refractivity contribution < 1.29 is 4.79 Å². The van der Waals surface area contributed by atoms with Gasteiger partial charge in [-0.15, -0.1) is 11.3 Å². The number of pyridine rings is 1. The van der Waals surface area contributed by atoms with Crippen LogP contribution in [0.3, 0.4) is 0 Å². The van der Waals surface area contributed by atoms with E-state index in [1.165, 1.54) is 5.56 Å². The molecule has 21 heavy (non-hydrogen) atoms. The second kappa shape index (κ2) is 5.08. The van der Waals surface area contributed by atoms with E-state index >= 15 is 0 Å². The summed E-state index contributed by atoms with van der Waals surface area (Å²) >= 11 is 1.61. The zero-order valence-electron chi connectivity index (χ0n) is 12.4. The Labute approximate surface area is 128 Å². The number of ketones is 1. The van der Waals surface area contributed by atoms with Crippen LogP contribution in [0.5, 0.6) is 0 Å². The molecular formula is C18H17NOS. The lowest BCUT2D eigenvalue weighted by Gasteiger charge is -2.18. The minimum Gasteiger partial charge on any atom is -0.289 e. The van der Waals surface area contributed by atoms with Gasteiger partial charge in [0.2, 0.25) is 0 Å². The summed E-state index contributed by atoms with van der Waals surface area (Å²) < 4.78 is 1.05. The number of rotatable bonds is 2. The topological polar surface area (TPSA) is 30.0 Å². The second-order valence-electron chi connectivity index (χ2n) is 6.18. The molecule has 0 unspecified atom stereocenters. The average Bonchev–Trinajstić information content (AvgIpc) is 2.93. The summed E-state index contributed by atoms with van der Waals surface area (Å²) in [6, 6.07) is 11.8. The molecule has 1 aromatic carbocycles. The molecule has 2 nitrogen and oxygen atoms in total. The number of aromatic nitrogens is 1. The number of nitrogens with zero attached hydrogens (tertiary/aromatic N) is 1. The molecule has 0 radical (unpaired) electrons. The molecular weight excluding hydrogens is 278 g/mol. The van der Waals surface area contributed by atoms with Crippen LogP contribution < -0.4 is 0 Å². The van der Waals surface area contributed by atoms with Crippen molar-refractivity contribution in [2.45, 2.75) is 26.2 Å². The van der Waals surface area contributed by atoms with Crippen molar-refractivity contribution in [3.05, 3.63) is 64.7 Å². The van der Waals surface area contributed by atoms with Crippen molar-refractivity contribution in [3.63, 3.8) is 0 Å². The number of carbonyl (C=O) groups is 1. The third-order valence-electron chi connectivity index (χ3n) is 3.58. The van der Waals surface area contributed by atoms with Gasteiger partial charge in [-0.25, -0.2) is 0 Å². The normalized spacial score (nSPS) is 11.8. The molecule has 0 saturated heterocycles. The Morgan fingerprint density at radius 2 is 1.76 bits per heavy atom. The SMILES string of the molecule is CC(C)(C)c1ccc(C(=O)c2cnc3ccsc3c2)cc1. The highest BCUT2D eigenvalue weighted by Crippen LogP contribution is 2.24. The van der Waals surface area contributed by atoms with Crippen molar-refractivity contribution >= 4 is 27.3 Å². The van der Waals surface area contributed by atoms with Crippen LogP contribution >= 0.6 is 11.3 Å². The highest BCUT2D eigenvalue weighted by atomic mass is 32.1. The highest BCUT2D eigenvalue weighted by molar-refractivity contribution is 7.17. The summed E-state index contributed by atoms with van der Waals surface area (Å²) in [5, 5.41) is 1.99. The first kappa shape index (κ1) is 14.0. The van der Waals surface area contributed by atoms with Gasteiger partial charge in [-0.2, -0.15) is 0 Å². The molecule has 0 bridgehead atoms. The number of fused-ring (bicyclic) bond motifs is 1. The minimum atomic E-state index is 0.0262. The van der Waals surface area contributed by atoms with E-state index in [0.717, 1.165) is 10.2 Å². The number of benzene rings is 1. The summed E-state index contributed by atoms with van der Waals surface area (Å²) in [6.07, 6.45) is 1.66. The van der Waals surface area contributed by atoms with Crippen LogP contribution in [0.2, 0.25) is 0 Å². The fraction of sp³-hybridized carbons (Fsp3) is 0.222. The first-order valence-electron chi connectivity index (χ1n) is 6.94. The zero-order chi connectivity index (χ0) is 15.0. The Kier molecular flexibility index (Phi) is 3.38. The Hall–Kier alpha value is -2.00. The molecule has 0 spiro atoms. The smallest absolute Gasteiger partial charge is 0.194 e. The van der Waals surface area contributed by atoms with E-state index in [9.17, 15) is 4.79 Å². The molecule has 0 N–H and O–H groups in total. The molecule has 3 heteroatoms. The zero-order valence-corrected chi connectivity index (χ0v) is 13.2. The molecule has 0 atom stereocenters. The van der Waals surface area contributed by atoms with E-state index in [0.29, 0.717) is 11.1 Å². The fourth-order valence-electron chi connectivity index (χ4n) is 2.26. The van der Waals surface area contributed by atoms with E-state index in [2.05, 4.69) is 25.8 Å². The van der Waals surface area contributed by atoms with Crippen LogP contribution in [0, 0.1) is 0 Å². The maximum atomic E-state index is 12.5. The number of carbonyl (C=O) groups excluding carboxylic acids is 1. The van der Waals surface area contributed by atoms with Crippen molar-refractivity contribution in [2.24, 2.45) is 0 Å². The van der Waals surface area contributed by atoms with Gasteiger partial charge < -0.3 is 0 Å². The van der Waals surface area contributed by atoms with Gasteiger partial charge in [0.1, 0.15) is 0 Å². The lowest BCUT2D eigenvalue weighted by atomic mass is 9.86. The Bertz CT molecular complexity index is 794. The summed E-state index contributed by atoms with van der Waals surface area (Å²) in [6.45, 7) is 6.50. The standard InChI is InChI=1S/C18H17NOS/c1-18(2,3)14-6-4-12(5-7-14)17(20)13-10-16-15(19-11-13)8-9-21-16/h4-11H,1-3H3. The molecule has 0 amide bonds. The Balaban J connectivity index is 1.94. The molecule has 0 saturated carbocycles. The average molecular weight is 295 g/mol. The quantitative estimate of drug-likeness (QED) is 0.634. The summed E-state index contributed by atoms with van der Waals surface area (Å²) in [5.74, 6) is 0.0262. The summed E-state index contributed by atoms with van der Waals surface area (Å²) in [5.41, 5.74) is 3.62. The largest absolute Gasteiger partial charge is 0.289 e. The fourth-order valence-corrected chi connectivity index (χ4v) is 3.04. The minimum absolute atomic E-state index is 0.0262. The maximum absolute atomic E-state index is 12.5. The summed E-state index contributed by atoms with van der Waals surface area (Å²) in [4.78, 5) is 16.9. The lowest BCUT2D eigenvalue weighted by Crippen LogP contribution is -2.11. The van der Waals surface area contributed by atoms with Crippen LogP contribution in [0.25, 0.3) is 10.2 Å². The molecule has 106 valence electrons. The number of thiophene rings is 1.